The molecule has 3 aliphatic rings. The van der Waals surface area contributed by atoms with Gasteiger partial charge in [0.15, 0.2) is 0 Å². The molecule has 0 bridgehead atoms. The smallest absolute Gasteiger partial charge is 0.250 e. The highest BCUT2D eigenvalue weighted by atomic mass is 16.5. The van der Waals surface area contributed by atoms with E-state index in [1.54, 1.807) is 6.21 Å². The van der Waals surface area contributed by atoms with E-state index in [0.717, 1.165) is 56.1 Å². The van der Waals surface area contributed by atoms with Gasteiger partial charge in [-0.25, -0.2) is 0 Å². The van der Waals surface area contributed by atoms with Crippen LogP contribution in [-0.2, 0) is 11.2 Å². The van der Waals surface area contributed by atoms with Gasteiger partial charge in [0.05, 0.1) is 18.8 Å². The highest BCUT2D eigenvalue weighted by Gasteiger charge is 2.35. The number of fused-ring (bicyclic) bond motifs is 1. The van der Waals surface area contributed by atoms with Gasteiger partial charge in [-0.1, -0.05) is 18.2 Å². The van der Waals surface area contributed by atoms with Crippen LogP contribution in [0, 0.1) is 0 Å². The van der Waals surface area contributed by atoms with E-state index in [0.29, 0.717) is 12.6 Å². The van der Waals surface area contributed by atoms with Crippen molar-refractivity contribution in [2.24, 2.45) is 4.99 Å². The van der Waals surface area contributed by atoms with E-state index in [1.165, 1.54) is 16.7 Å². The predicted molar refractivity (Wildman–Crippen MR) is 112 cm³/mol. The lowest BCUT2D eigenvalue weighted by molar-refractivity contribution is -0.125. The Kier molecular flexibility index (Phi) is 5.36. The first-order valence-electron chi connectivity index (χ1n) is 10.2. The van der Waals surface area contributed by atoms with Crippen LogP contribution in [-0.4, -0.2) is 54.7 Å². The Morgan fingerprint density at radius 2 is 2.14 bits per heavy atom. The van der Waals surface area contributed by atoms with Crippen LogP contribution in [0.3, 0.4) is 0 Å². The molecule has 0 N–H and O–H groups in total. The summed E-state index contributed by atoms with van der Waals surface area (Å²) in [6, 6.07) is 6.94. The number of carbonyl (C=O) groups excluding carboxylic acids is 1. The van der Waals surface area contributed by atoms with Crippen molar-refractivity contribution in [1.29, 1.82) is 0 Å². The van der Waals surface area contributed by atoms with Crippen molar-refractivity contribution in [3.05, 3.63) is 52.2 Å². The third kappa shape index (κ3) is 3.51. The van der Waals surface area contributed by atoms with Crippen LogP contribution in [0.4, 0.5) is 0 Å². The molecule has 4 rings (SSSR count). The minimum atomic E-state index is 0.193. The van der Waals surface area contributed by atoms with Crippen LogP contribution < -0.4 is 4.74 Å². The van der Waals surface area contributed by atoms with Crippen molar-refractivity contribution in [2.45, 2.75) is 39.7 Å². The summed E-state index contributed by atoms with van der Waals surface area (Å²) in [6.07, 6.45) is 5.61. The van der Waals surface area contributed by atoms with Crippen molar-refractivity contribution in [3.63, 3.8) is 0 Å². The van der Waals surface area contributed by atoms with Crippen LogP contribution in [0.25, 0.3) is 0 Å². The zero-order valence-corrected chi connectivity index (χ0v) is 17.1. The Bertz CT molecular complexity index is 869. The molecule has 0 aromatic heterocycles. The second-order valence-electron chi connectivity index (χ2n) is 7.77. The van der Waals surface area contributed by atoms with E-state index in [-0.39, 0.29) is 5.91 Å². The predicted octanol–water partition coefficient (Wildman–Crippen LogP) is 3.52. The standard InChI is InChI=1S/C23H29N3O2/c1-4-20(24-5-2)15-26-14-19-13-25(10-8-21(19)23(26)27)16(3)18-7-6-17-9-11-28-22(17)12-18/h4-7,12,16H,8-11,13-15H2,1-3H3/b20-4-,24-5-. The molecule has 5 nitrogen and oxygen atoms in total. The average molecular weight is 380 g/mol. The summed E-state index contributed by atoms with van der Waals surface area (Å²) in [4.78, 5) is 21.6. The molecular formula is C23H29N3O2. The maximum absolute atomic E-state index is 12.8. The molecule has 3 aliphatic heterocycles. The zero-order valence-electron chi connectivity index (χ0n) is 17.1. The lowest BCUT2D eigenvalue weighted by Gasteiger charge is -2.33. The second-order valence-corrected chi connectivity index (χ2v) is 7.77. The Balaban J connectivity index is 1.44. The van der Waals surface area contributed by atoms with E-state index in [2.05, 4.69) is 35.0 Å². The molecule has 1 atom stereocenters. The number of allylic oxidation sites excluding steroid dienone is 1. The van der Waals surface area contributed by atoms with Gasteiger partial charge < -0.3 is 9.64 Å². The summed E-state index contributed by atoms with van der Waals surface area (Å²) in [5.41, 5.74) is 5.85. The Morgan fingerprint density at radius 1 is 1.29 bits per heavy atom. The molecule has 3 heterocycles. The van der Waals surface area contributed by atoms with E-state index in [9.17, 15) is 4.79 Å². The van der Waals surface area contributed by atoms with Crippen molar-refractivity contribution in [1.82, 2.24) is 9.80 Å². The Labute approximate surface area is 167 Å². The topological polar surface area (TPSA) is 45.1 Å². The summed E-state index contributed by atoms with van der Waals surface area (Å²) in [6.45, 7) is 10.0. The molecule has 0 radical (unpaired) electrons. The molecule has 0 saturated carbocycles. The number of hydrogen-bond donors (Lipinski definition) is 0. The number of amides is 1. The summed E-state index contributed by atoms with van der Waals surface area (Å²) < 4.78 is 5.75. The molecule has 0 saturated heterocycles. The number of aliphatic imine (C=N–C) groups is 1. The molecule has 0 spiro atoms. The summed E-state index contributed by atoms with van der Waals surface area (Å²) in [5.74, 6) is 1.23. The van der Waals surface area contributed by atoms with Gasteiger partial charge >= 0.3 is 0 Å². The minimum absolute atomic E-state index is 0.193. The quantitative estimate of drug-likeness (QED) is 0.736. The molecule has 5 heteroatoms. The van der Waals surface area contributed by atoms with Crippen molar-refractivity contribution < 1.29 is 9.53 Å². The van der Waals surface area contributed by atoms with Crippen LogP contribution in [0.2, 0.25) is 0 Å². The second kappa shape index (κ2) is 7.92. The maximum atomic E-state index is 12.8. The number of hydrogen-bond acceptors (Lipinski definition) is 4. The highest BCUT2D eigenvalue weighted by Crippen LogP contribution is 2.34. The highest BCUT2D eigenvalue weighted by molar-refractivity contribution is 5.97. The van der Waals surface area contributed by atoms with E-state index < -0.39 is 0 Å². The molecule has 148 valence electrons. The molecule has 1 amide bonds. The molecule has 0 fully saturated rings. The van der Waals surface area contributed by atoms with Gasteiger partial charge in [-0.05, 0) is 50.0 Å². The number of benzene rings is 1. The zero-order chi connectivity index (χ0) is 19.7. The largest absolute Gasteiger partial charge is 0.493 e. The first-order valence-corrected chi connectivity index (χ1v) is 10.2. The molecule has 1 aromatic carbocycles. The maximum Gasteiger partial charge on any atom is 0.250 e. The summed E-state index contributed by atoms with van der Waals surface area (Å²) >= 11 is 0. The van der Waals surface area contributed by atoms with Crippen LogP contribution in [0.1, 0.15) is 44.4 Å². The van der Waals surface area contributed by atoms with Gasteiger partial charge in [0.1, 0.15) is 5.75 Å². The normalized spacial score (nSPS) is 21.3. The van der Waals surface area contributed by atoms with Gasteiger partial charge in [0.25, 0.3) is 5.91 Å². The fraction of sp³-hybridized carbons (Fsp3) is 0.478. The third-order valence-electron chi connectivity index (χ3n) is 6.13. The lowest BCUT2D eigenvalue weighted by atomic mass is 9.98. The minimum Gasteiger partial charge on any atom is -0.493 e. The first-order chi connectivity index (χ1) is 13.6. The number of ether oxygens (including phenoxy) is 1. The summed E-state index contributed by atoms with van der Waals surface area (Å²) in [5, 5.41) is 0. The summed E-state index contributed by atoms with van der Waals surface area (Å²) in [7, 11) is 0. The van der Waals surface area contributed by atoms with E-state index in [1.807, 2.05) is 24.8 Å². The Morgan fingerprint density at radius 3 is 2.93 bits per heavy atom. The van der Waals surface area contributed by atoms with Gasteiger partial charge in [0.2, 0.25) is 0 Å². The number of carbonyl (C=O) groups is 1. The molecule has 1 unspecified atom stereocenters. The van der Waals surface area contributed by atoms with Gasteiger partial charge in [-0.2, -0.15) is 0 Å². The SMILES string of the molecule is C/C=N\C(=C/C)CN1CC2=C(CCN(C(C)c3ccc4c(c3)OCC4)C2)C1=O. The molecule has 28 heavy (non-hydrogen) atoms. The lowest BCUT2D eigenvalue weighted by Crippen LogP contribution is -2.34. The number of rotatable bonds is 5. The monoisotopic (exact) mass is 379 g/mol. The fourth-order valence-electron chi connectivity index (χ4n) is 4.43. The first kappa shape index (κ1) is 18.9. The van der Waals surface area contributed by atoms with Gasteiger partial charge in [0, 0.05) is 43.9 Å². The Hall–Kier alpha value is -2.40. The van der Waals surface area contributed by atoms with Crippen molar-refractivity contribution in [3.8, 4) is 5.75 Å². The van der Waals surface area contributed by atoms with Crippen LogP contribution in [0.5, 0.6) is 5.75 Å². The van der Waals surface area contributed by atoms with Crippen molar-refractivity contribution >= 4 is 12.1 Å². The molecule has 0 aliphatic carbocycles. The number of nitrogens with zero attached hydrogens (tertiary/aromatic N) is 3. The van der Waals surface area contributed by atoms with E-state index >= 15 is 0 Å². The van der Waals surface area contributed by atoms with Gasteiger partial charge in [-0.15, -0.1) is 0 Å². The van der Waals surface area contributed by atoms with E-state index in [4.69, 9.17) is 4.74 Å². The average Bonchev–Trinajstić information content (AvgIpc) is 3.30. The third-order valence-corrected chi connectivity index (χ3v) is 6.13. The van der Waals surface area contributed by atoms with Gasteiger partial charge in [-0.3, -0.25) is 14.7 Å². The van der Waals surface area contributed by atoms with Crippen LogP contribution >= 0.6 is 0 Å². The fourth-order valence-corrected chi connectivity index (χ4v) is 4.43. The molecule has 1 aromatic rings. The van der Waals surface area contributed by atoms with Crippen molar-refractivity contribution in [2.75, 3.05) is 32.8 Å². The molecular weight excluding hydrogens is 350 g/mol. The van der Waals surface area contributed by atoms with Crippen LogP contribution in [0.15, 0.2) is 46.1 Å².